The van der Waals surface area contributed by atoms with Crippen LogP contribution in [-0.2, 0) is 0 Å². The molecule has 0 aliphatic carbocycles. The summed E-state index contributed by atoms with van der Waals surface area (Å²) in [6.07, 6.45) is 4.17. The second-order valence-corrected chi connectivity index (χ2v) is 3.62. The lowest BCUT2D eigenvalue weighted by atomic mass is 9.93. The van der Waals surface area contributed by atoms with Gasteiger partial charge in [0.2, 0.25) is 0 Å². The van der Waals surface area contributed by atoms with E-state index in [0.717, 1.165) is 37.4 Å². The largest absolute Gasteiger partial charge is 0.495 e. The third kappa shape index (κ3) is 3.51. The second-order valence-electron chi connectivity index (χ2n) is 3.62. The van der Waals surface area contributed by atoms with Crippen molar-refractivity contribution >= 4 is 24.8 Å². The quantitative estimate of drug-likeness (QED) is 0.891. The lowest BCUT2D eigenvalue weighted by Gasteiger charge is -2.23. The molecule has 2 rings (SSSR count). The number of ether oxygens (including phenoxy) is 1. The first-order chi connectivity index (χ1) is 6.92. The van der Waals surface area contributed by atoms with Gasteiger partial charge in [0.25, 0.3) is 0 Å². The third-order valence-corrected chi connectivity index (χ3v) is 2.75. The molecule has 2 heterocycles. The molecule has 1 aromatic rings. The number of aromatic nitrogens is 1. The molecule has 0 atom stereocenters. The van der Waals surface area contributed by atoms with Crippen LogP contribution in [0.2, 0.25) is 0 Å². The maximum absolute atomic E-state index is 5.32. The zero-order valence-electron chi connectivity index (χ0n) is 9.31. The average molecular weight is 265 g/mol. The number of rotatable bonds is 2. The Bertz CT molecular complexity index is 304. The van der Waals surface area contributed by atoms with Gasteiger partial charge in [0, 0.05) is 12.1 Å². The van der Waals surface area contributed by atoms with E-state index in [1.165, 1.54) is 0 Å². The standard InChI is InChI=1S/C11H16N2O.2ClH/c1-14-10-3-2-6-13-11(10)9-4-7-12-8-5-9;;/h2-3,6,9,12H,4-5,7-8H2,1H3;2*1H. The fourth-order valence-corrected chi connectivity index (χ4v) is 1.98. The van der Waals surface area contributed by atoms with Crippen LogP contribution in [0.4, 0.5) is 0 Å². The molecular formula is C11H18Cl2N2O. The summed E-state index contributed by atoms with van der Waals surface area (Å²) < 4.78 is 5.32. The molecule has 0 saturated carbocycles. The SMILES string of the molecule is COc1cccnc1C1CCNCC1.Cl.Cl. The van der Waals surface area contributed by atoms with Gasteiger partial charge in [-0.25, -0.2) is 0 Å². The molecule has 1 N–H and O–H groups in total. The highest BCUT2D eigenvalue weighted by atomic mass is 35.5. The summed E-state index contributed by atoms with van der Waals surface area (Å²) in [5, 5.41) is 3.35. The number of nitrogens with one attached hydrogen (secondary N) is 1. The summed E-state index contributed by atoms with van der Waals surface area (Å²) >= 11 is 0. The van der Waals surface area contributed by atoms with Gasteiger partial charge in [-0.2, -0.15) is 0 Å². The van der Waals surface area contributed by atoms with Crippen molar-refractivity contribution in [3.8, 4) is 5.75 Å². The minimum absolute atomic E-state index is 0. The molecule has 1 aliphatic heterocycles. The average Bonchev–Trinajstić information content (AvgIpc) is 2.30. The topological polar surface area (TPSA) is 34.1 Å². The number of hydrogen-bond acceptors (Lipinski definition) is 3. The van der Waals surface area contributed by atoms with Crippen LogP contribution in [0.5, 0.6) is 5.75 Å². The van der Waals surface area contributed by atoms with Gasteiger partial charge >= 0.3 is 0 Å². The molecule has 3 nitrogen and oxygen atoms in total. The van der Waals surface area contributed by atoms with E-state index < -0.39 is 0 Å². The van der Waals surface area contributed by atoms with Gasteiger partial charge in [-0.3, -0.25) is 4.98 Å². The van der Waals surface area contributed by atoms with Crippen LogP contribution in [0, 0.1) is 0 Å². The van der Waals surface area contributed by atoms with Crippen molar-refractivity contribution in [1.82, 2.24) is 10.3 Å². The number of methoxy groups -OCH3 is 1. The van der Waals surface area contributed by atoms with E-state index in [9.17, 15) is 0 Å². The monoisotopic (exact) mass is 264 g/mol. The maximum Gasteiger partial charge on any atom is 0.140 e. The van der Waals surface area contributed by atoms with Crippen LogP contribution < -0.4 is 10.1 Å². The molecule has 92 valence electrons. The normalized spacial score (nSPS) is 15.8. The molecule has 1 aromatic heterocycles. The fraction of sp³-hybridized carbons (Fsp3) is 0.545. The number of piperidine rings is 1. The van der Waals surface area contributed by atoms with Crippen LogP contribution in [0.1, 0.15) is 24.5 Å². The second kappa shape index (κ2) is 7.71. The molecule has 16 heavy (non-hydrogen) atoms. The zero-order chi connectivity index (χ0) is 9.80. The minimum atomic E-state index is 0. The van der Waals surface area contributed by atoms with E-state index in [0.29, 0.717) is 5.92 Å². The van der Waals surface area contributed by atoms with Crippen molar-refractivity contribution in [1.29, 1.82) is 0 Å². The van der Waals surface area contributed by atoms with Gasteiger partial charge < -0.3 is 10.1 Å². The molecule has 1 saturated heterocycles. The van der Waals surface area contributed by atoms with E-state index in [-0.39, 0.29) is 24.8 Å². The molecule has 0 bridgehead atoms. The van der Waals surface area contributed by atoms with Gasteiger partial charge in [-0.15, -0.1) is 24.8 Å². The lowest BCUT2D eigenvalue weighted by Crippen LogP contribution is -2.27. The summed E-state index contributed by atoms with van der Waals surface area (Å²) in [7, 11) is 1.71. The minimum Gasteiger partial charge on any atom is -0.495 e. The molecule has 1 aliphatic rings. The van der Waals surface area contributed by atoms with E-state index in [2.05, 4.69) is 10.3 Å². The third-order valence-electron chi connectivity index (χ3n) is 2.75. The Morgan fingerprint density at radius 2 is 2.00 bits per heavy atom. The molecule has 0 spiro atoms. The number of nitrogens with zero attached hydrogens (tertiary/aromatic N) is 1. The van der Waals surface area contributed by atoms with Crippen molar-refractivity contribution in [3.05, 3.63) is 24.0 Å². The van der Waals surface area contributed by atoms with Crippen molar-refractivity contribution in [2.45, 2.75) is 18.8 Å². The highest BCUT2D eigenvalue weighted by Crippen LogP contribution is 2.29. The first-order valence-corrected chi connectivity index (χ1v) is 5.11. The van der Waals surface area contributed by atoms with Crippen LogP contribution in [0.15, 0.2) is 18.3 Å². The van der Waals surface area contributed by atoms with Gasteiger partial charge in [-0.1, -0.05) is 0 Å². The first kappa shape index (κ1) is 15.5. The van der Waals surface area contributed by atoms with E-state index in [4.69, 9.17) is 4.74 Å². The number of halogens is 2. The summed E-state index contributed by atoms with van der Waals surface area (Å²) in [4.78, 5) is 4.42. The van der Waals surface area contributed by atoms with Crippen molar-refractivity contribution in [3.63, 3.8) is 0 Å². The van der Waals surface area contributed by atoms with Gasteiger partial charge in [-0.05, 0) is 38.1 Å². The molecule has 1 fully saturated rings. The van der Waals surface area contributed by atoms with Crippen LogP contribution in [0.3, 0.4) is 0 Å². The Kier molecular flexibility index (Phi) is 7.47. The Morgan fingerprint density at radius 1 is 1.31 bits per heavy atom. The van der Waals surface area contributed by atoms with Gasteiger partial charge in [0.05, 0.1) is 12.8 Å². The molecule has 0 unspecified atom stereocenters. The first-order valence-electron chi connectivity index (χ1n) is 5.11. The van der Waals surface area contributed by atoms with E-state index >= 15 is 0 Å². The van der Waals surface area contributed by atoms with Gasteiger partial charge in [0.1, 0.15) is 5.75 Å². The molecular weight excluding hydrogens is 247 g/mol. The molecule has 0 amide bonds. The van der Waals surface area contributed by atoms with Crippen LogP contribution in [0.25, 0.3) is 0 Å². The lowest BCUT2D eigenvalue weighted by molar-refractivity contribution is 0.385. The highest BCUT2D eigenvalue weighted by molar-refractivity contribution is 5.85. The van der Waals surface area contributed by atoms with Crippen LogP contribution in [-0.4, -0.2) is 25.2 Å². The fourth-order valence-electron chi connectivity index (χ4n) is 1.98. The predicted octanol–water partition coefficient (Wildman–Crippen LogP) is 2.40. The molecule has 0 aromatic carbocycles. The zero-order valence-corrected chi connectivity index (χ0v) is 10.9. The van der Waals surface area contributed by atoms with Crippen molar-refractivity contribution in [2.75, 3.05) is 20.2 Å². The molecule has 5 heteroatoms. The smallest absolute Gasteiger partial charge is 0.140 e. The van der Waals surface area contributed by atoms with Crippen molar-refractivity contribution < 1.29 is 4.74 Å². The maximum atomic E-state index is 5.32. The highest BCUT2D eigenvalue weighted by Gasteiger charge is 2.19. The summed E-state index contributed by atoms with van der Waals surface area (Å²) in [6.45, 7) is 2.18. The number of pyridine rings is 1. The summed E-state index contributed by atoms with van der Waals surface area (Å²) in [5.74, 6) is 1.49. The Hall–Kier alpha value is -0.510. The Morgan fingerprint density at radius 3 is 2.62 bits per heavy atom. The summed E-state index contributed by atoms with van der Waals surface area (Å²) in [6, 6.07) is 3.91. The summed E-state index contributed by atoms with van der Waals surface area (Å²) in [5.41, 5.74) is 1.12. The molecule has 0 radical (unpaired) electrons. The number of hydrogen-bond donors (Lipinski definition) is 1. The Labute approximate surface area is 109 Å². The van der Waals surface area contributed by atoms with E-state index in [1.807, 2.05) is 18.3 Å². The van der Waals surface area contributed by atoms with Crippen molar-refractivity contribution in [2.24, 2.45) is 0 Å². The predicted molar refractivity (Wildman–Crippen MR) is 70.1 cm³/mol. The van der Waals surface area contributed by atoms with E-state index in [1.54, 1.807) is 7.11 Å². The Balaban J connectivity index is 0.00000112. The van der Waals surface area contributed by atoms with Crippen LogP contribution >= 0.6 is 24.8 Å². The van der Waals surface area contributed by atoms with Gasteiger partial charge in [0.15, 0.2) is 0 Å².